The number of rotatable bonds is 6. The first-order valence-corrected chi connectivity index (χ1v) is 7.52. The fraction of sp³-hybridized carbons (Fsp3) is 0.267. The van der Waals surface area contributed by atoms with Crippen molar-refractivity contribution in [2.75, 3.05) is 30.9 Å². The molecular formula is C15H16N6O4. The third-order valence-electron chi connectivity index (χ3n) is 3.61. The maximum atomic E-state index is 12.4. The van der Waals surface area contributed by atoms with E-state index < -0.39 is 6.03 Å². The van der Waals surface area contributed by atoms with Gasteiger partial charge in [-0.2, -0.15) is 10.1 Å². The molecule has 0 spiro atoms. The number of carbonyl (C=O) groups excluding carboxylic acids is 3. The van der Waals surface area contributed by atoms with Gasteiger partial charge in [-0.05, 0) is 24.6 Å². The second kappa shape index (κ2) is 7.09. The Morgan fingerprint density at radius 1 is 1.24 bits per heavy atom. The SMILES string of the molecule is COCCCN1C(=O)c2ccc(NC(=O)Nc3ncn[nH]3)cc2C1=O. The Balaban J connectivity index is 1.70. The summed E-state index contributed by atoms with van der Waals surface area (Å²) in [6.45, 7) is 0.747. The van der Waals surface area contributed by atoms with Crippen LogP contribution in [0.2, 0.25) is 0 Å². The summed E-state index contributed by atoms with van der Waals surface area (Å²) in [5.74, 6) is -0.529. The van der Waals surface area contributed by atoms with E-state index in [0.29, 0.717) is 24.3 Å². The van der Waals surface area contributed by atoms with Gasteiger partial charge in [0.05, 0.1) is 11.1 Å². The van der Waals surface area contributed by atoms with Crippen LogP contribution in [0.1, 0.15) is 27.1 Å². The molecule has 0 radical (unpaired) electrons. The highest BCUT2D eigenvalue weighted by atomic mass is 16.5. The van der Waals surface area contributed by atoms with Crippen LogP contribution >= 0.6 is 0 Å². The maximum absolute atomic E-state index is 12.4. The number of imide groups is 1. The molecule has 0 unspecified atom stereocenters. The number of nitrogens with one attached hydrogen (secondary N) is 3. The van der Waals surface area contributed by atoms with Gasteiger partial charge in [0, 0.05) is 25.9 Å². The molecule has 0 fully saturated rings. The lowest BCUT2D eigenvalue weighted by molar-refractivity contribution is 0.0638. The Kier molecular flexibility index (Phi) is 4.70. The Bertz CT molecular complexity index is 804. The molecule has 130 valence electrons. The molecule has 2 heterocycles. The average molecular weight is 344 g/mol. The number of methoxy groups -OCH3 is 1. The molecule has 0 aliphatic carbocycles. The molecule has 3 rings (SSSR count). The molecule has 0 saturated carbocycles. The minimum Gasteiger partial charge on any atom is -0.385 e. The van der Waals surface area contributed by atoms with E-state index in [2.05, 4.69) is 25.8 Å². The van der Waals surface area contributed by atoms with Crippen LogP contribution < -0.4 is 10.6 Å². The number of H-pyrrole nitrogens is 1. The van der Waals surface area contributed by atoms with E-state index in [0.717, 1.165) is 0 Å². The number of aromatic nitrogens is 3. The molecule has 1 aliphatic heterocycles. The van der Waals surface area contributed by atoms with Crippen LogP contribution in [0.15, 0.2) is 24.5 Å². The van der Waals surface area contributed by atoms with Crippen LogP contribution in [-0.2, 0) is 4.74 Å². The van der Waals surface area contributed by atoms with Crippen LogP contribution in [-0.4, -0.2) is 58.2 Å². The molecule has 10 heteroatoms. The van der Waals surface area contributed by atoms with Gasteiger partial charge in [-0.15, -0.1) is 0 Å². The van der Waals surface area contributed by atoms with Gasteiger partial charge in [0.2, 0.25) is 5.95 Å². The number of anilines is 2. The zero-order valence-electron chi connectivity index (χ0n) is 13.4. The Morgan fingerprint density at radius 3 is 2.76 bits per heavy atom. The summed E-state index contributed by atoms with van der Waals surface area (Å²) in [5.41, 5.74) is 0.971. The summed E-state index contributed by atoms with van der Waals surface area (Å²) in [7, 11) is 1.56. The summed E-state index contributed by atoms with van der Waals surface area (Å²) in [6.07, 6.45) is 1.82. The van der Waals surface area contributed by atoms with E-state index in [-0.39, 0.29) is 29.9 Å². The minimum atomic E-state index is -0.551. The Morgan fingerprint density at radius 2 is 2.04 bits per heavy atom. The first kappa shape index (κ1) is 16.6. The number of urea groups is 1. The largest absolute Gasteiger partial charge is 0.385 e. The van der Waals surface area contributed by atoms with Gasteiger partial charge in [-0.1, -0.05) is 0 Å². The molecule has 1 aliphatic rings. The van der Waals surface area contributed by atoms with Crippen molar-refractivity contribution in [3.8, 4) is 0 Å². The van der Waals surface area contributed by atoms with E-state index in [4.69, 9.17) is 4.74 Å². The quantitative estimate of drug-likeness (QED) is 0.531. The molecule has 4 amide bonds. The van der Waals surface area contributed by atoms with Crippen molar-refractivity contribution in [2.45, 2.75) is 6.42 Å². The van der Waals surface area contributed by atoms with E-state index >= 15 is 0 Å². The zero-order chi connectivity index (χ0) is 17.8. The molecule has 0 saturated heterocycles. The van der Waals surface area contributed by atoms with Crippen LogP contribution in [0.3, 0.4) is 0 Å². The molecule has 3 N–H and O–H groups in total. The fourth-order valence-electron chi connectivity index (χ4n) is 2.47. The summed E-state index contributed by atoms with van der Waals surface area (Å²) in [6, 6.07) is 4.01. The maximum Gasteiger partial charge on any atom is 0.326 e. The molecular weight excluding hydrogens is 328 g/mol. The van der Waals surface area contributed by atoms with E-state index in [9.17, 15) is 14.4 Å². The number of aromatic amines is 1. The normalized spacial score (nSPS) is 13.1. The van der Waals surface area contributed by atoms with Gasteiger partial charge >= 0.3 is 6.03 Å². The molecule has 0 bridgehead atoms. The van der Waals surface area contributed by atoms with Crippen LogP contribution in [0.25, 0.3) is 0 Å². The average Bonchev–Trinajstić information content (AvgIpc) is 3.17. The first-order valence-electron chi connectivity index (χ1n) is 7.52. The fourth-order valence-corrected chi connectivity index (χ4v) is 2.47. The predicted molar refractivity (Wildman–Crippen MR) is 87.3 cm³/mol. The molecule has 1 aromatic heterocycles. The van der Waals surface area contributed by atoms with Crippen molar-refractivity contribution in [3.63, 3.8) is 0 Å². The highest BCUT2D eigenvalue weighted by Gasteiger charge is 2.35. The molecule has 0 atom stereocenters. The van der Waals surface area contributed by atoms with Crippen molar-refractivity contribution < 1.29 is 19.1 Å². The molecule has 10 nitrogen and oxygen atoms in total. The van der Waals surface area contributed by atoms with Crippen LogP contribution in [0.5, 0.6) is 0 Å². The van der Waals surface area contributed by atoms with Gasteiger partial charge in [-0.3, -0.25) is 19.8 Å². The van der Waals surface area contributed by atoms with E-state index in [1.807, 2.05) is 0 Å². The second-order valence-corrected chi connectivity index (χ2v) is 5.28. The second-order valence-electron chi connectivity index (χ2n) is 5.28. The lowest BCUT2D eigenvalue weighted by Gasteiger charge is -2.12. The van der Waals surface area contributed by atoms with Crippen LogP contribution in [0, 0.1) is 0 Å². The lowest BCUT2D eigenvalue weighted by Crippen LogP contribution is -2.31. The Labute approximate surface area is 142 Å². The number of fused-ring (bicyclic) bond motifs is 1. The summed E-state index contributed by atoms with van der Waals surface area (Å²) >= 11 is 0. The third-order valence-corrected chi connectivity index (χ3v) is 3.61. The number of hydrogen-bond acceptors (Lipinski definition) is 6. The van der Waals surface area contributed by atoms with Crippen molar-refractivity contribution in [1.82, 2.24) is 20.1 Å². The van der Waals surface area contributed by atoms with Crippen molar-refractivity contribution >= 4 is 29.5 Å². The number of benzene rings is 1. The summed E-state index contributed by atoms with van der Waals surface area (Å²) < 4.78 is 4.94. The standard InChI is InChI=1S/C15H16N6O4/c1-25-6-2-5-21-12(22)10-4-3-9(7-11(10)13(21)23)18-15(24)19-14-16-8-17-20-14/h3-4,7-8H,2,5-6H2,1H3,(H3,16,17,18,19,20,24). The summed E-state index contributed by atoms with van der Waals surface area (Å²) in [5, 5.41) is 11.1. The van der Waals surface area contributed by atoms with Gasteiger partial charge in [0.25, 0.3) is 11.8 Å². The summed E-state index contributed by atoms with van der Waals surface area (Å²) in [4.78, 5) is 41.5. The number of ether oxygens (including phenoxy) is 1. The van der Waals surface area contributed by atoms with Crippen molar-refractivity contribution in [3.05, 3.63) is 35.7 Å². The first-order chi connectivity index (χ1) is 12.1. The van der Waals surface area contributed by atoms with E-state index in [1.54, 1.807) is 13.2 Å². The number of amides is 4. The number of carbonyl (C=O) groups is 3. The van der Waals surface area contributed by atoms with Crippen molar-refractivity contribution in [2.24, 2.45) is 0 Å². The Hall–Kier alpha value is -3.27. The third kappa shape index (κ3) is 3.48. The van der Waals surface area contributed by atoms with Gasteiger partial charge in [-0.25, -0.2) is 9.89 Å². The van der Waals surface area contributed by atoms with Gasteiger partial charge < -0.3 is 10.1 Å². The molecule has 25 heavy (non-hydrogen) atoms. The predicted octanol–water partition coefficient (Wildman–Crippen LogP) is 1.08. The lowest BCUT2D eigenvalue weighted by atomic mass is 10.1. The molecule has 2 aromatic rings. The van der Waals surface area contributed by atoms with Crippen LogP contribution in [0.4, 0.5) is 16.4 Å². The van der Waals surface area contributed by atoms with Gasteiger partial charge in [0.1, 0.15) is 6.33 Å². The molecule has 1 aromatic carbocycles. The topological polar surface area (TPSA) is 129 Å². The monoisotopic (exact) mass is 344 g/mol. The number of nitrogens with zero attached hydrogens (tertiary/aromatic N) is 3. The highest BCUT2D eigenvalue weighted by molar-refractivity contribution is 6.21. The van der Waals surface area contributed by atoms with Crippen molar-refractivity contribution in [1.29, 1.82) is 0 Å². The van der Waals surface area contributed by atoms with Gasteiger partial charge in [0.15, 0.2) is 0 Å². The zero-order valence-corrected chi connectivity index (χ0v) is 13.4. The van der Waals surface area contributed by atoms with E-state index in [1.165, 1.54) is 23.4 Å². The minimum absolute atomic E-state index is 0.189. The number of hydrogen-bond donors (Lipinski definition) is 3. The smallest absolute Gasteiger partial charge is 0.326 e. The highest BCUT2D eigenvalue weighted by Crippen LogP contribution is 2.26.